The molecule has 0 bridgehead atoms. The van der Waals surface area contributed by atoms with Crippen LogP contribution in [0.25, 0.3) is 0 Å². The maximum Gasteiger partial charge on any atom is 0.162 e. The van der Waals surface area contributed by atoms with Crippen LogP contribution < -0.4 is 4.90 Å². The van der Waals surface area contributed by atoms with Gasteiger partial charge in [0, 0.05) is 31.3 Å². The van der Waals surface area contributed by atoms with E-state index < -0.39 is 0 Å². The van der Waals surface area contributed by atoms with Gasteiger partial charge in [0.2, 0.25) is 0 Å². The molecule has 0 atom stereocenters. The van der Waals surface area contributed by atoms with E-state index in [-0.39, 0.29) is 5.78 Å². The van der Waals surface area contributed by atoms with E-state index in [2.05, 4.69) is 25.8 Å². The maximum atomic E-state index is 11.5. The van der Waals surface area contributed by atoms with Gasteiger partial charge in [-0.1, -0.05) is 20.8 Å². The quantitative estimate of drug-likeness (QED) is 0.697. The van der Waals surface area contributed by atoms with Crippen LogP contribution in [-0.4, -0.2) is 19.4 Å². The molecular weight excluding hydrogens is 210 g/mol. The van der Waals surface area contributed by atoms with Crippen LogP contribution in [0.15, 0.2) is 24.3 Å². The van der Waals surface area contributed by atoms with Crippen LogP contribution in [0.3, 0.4) is 0 Å². The Morgan fingerprint density at radius 1 is 1.24 bits per heavy atom. The van der Waals surface area contributed by atoms with Crippen molar-refractivity contribution >= 4 is 11.5 Å². The van der Waals surface area contributed by atoms with Gasteiger partial charge in [-0.2, -0.15) is 0 Å². The van der Waals surface area contributed by atoms with Crippen LogP contribution in [0.2, 0.25) is 0 Å². The lowest BCUT2D eigenvalue weighted by atomic mass is 10.1. The Labute approximate surface area is 105 Å². The molecule has 0 N–H and O–H groups in total. The first-order valence-corrected chi connectivity index (χ1v) is 6.39. The molecule has 0 saturated carbocycles. The molecule has 0 aliphatic heterocycles. The summed E-state index contributed by atoms with van der Waals surface area (Å²) >= 11 is 0. The van der Waals surface area contributed by atoms with Gasteiger partial charge in [-0.25, -0.2) is 0 Å². The van der Waals surface area contributed by atoms with Gasteiger partial charge in [-0.05, 0) is 36.6 Å². The predicted molar refractivity (Wildman–Crippen MR) is 73.8 cm³/mol. The van der Waals surface area contributed by atoms with Crippen molar-refractivity contribution in [1.29, 1.82) is 0 Å². The minimum Gasteiger partial charge on any atom is -0.375 e. The zero-order chi connectivity index (χ0) is 12.8. The maximum absolute atomic E-state index is 11.5. The van der Waals surface area contributed by atoms with Crippen molar-refractivity contribution < 1.29 is 4.79 Å². The second kappa shape index (κ2) is 6.43. The number of nitrogens with zero attached hydrogens (tertiary/aromatic N) is 1. The number of ketones is 1. The second-order valence-corrected chi connectivity index (χ2v) is 4.93. The Hall–Kier alpha value is -1.31. The first kappa shape index (κ1) is 13.8. The number of carbonyl (C=O) groups excluding carboxylic acids is 1. The highest BCUT2D eigenvalue weighted by Crippen LogP contribution is 2.16. The van der Waals surface area contributed by atoms with E-state index in [1.54, 1.807) is 0 Å². The van der Waals surface area contributed by atoms with Gasteiger partial charge in [0.1, 0.15) is 0 Å². The monoisotopic (exact) mass is 233 g/mol. The highest BCUT2D eigenvalue weighted by Gasteiger charge is 2.05. The van der Waals surface area contributed by atoms with E-state index in [9.17, 15) is 4.79 Å². The highest BCUT2D eigenvalue weighted by atomic mass is 16.1. The molecule has 0 spiro atoms. The SMILES string of the molecule is CCC(=O)c1ccc(N(C)CCC(C)C)cc1. The molecule has 0 unspecified atom stereocenters. The van der Waals surface area contributed by atoms with E-state index in [1.165, 1.54) is 12.1 Å². The van der Waals surface area contributed by atoms with Crippen LogP contribution in [0.1, 0.15) is 44.0 Å². The zero-order valence-corrected chi connectivity index (χ0v) is 11.4. The number of hydrogen-bond donors (Lipinski definition) is 0. The van der Waals surface area contributed by atoms with E-state index in [1.807, 2.05) is 31.2 Å². The van der Waals surface area contributed by atoms with Crippen molar-refractivity contribution in [2.45, 2.75) is 33.6 Å². The minimum atomic E-state index is 0.210. The number of carbonyl (C=O) groups is 1. The summed E-state index contributed by atoms with van der Waals surface area (Å²) in [6.45, 7) is 7.41. The van der Waals surface area contributed by atoms with Gasteiger partial charge >= 0.3 is 0 Å². The van der Waals surface area contributed by atoms with Gasteiger partial charge < -0.3 is 4.90 Å². The fourth-order valence-corrected chi connectivity index (χ4v) is 1.69. The molecule has 1 aromatic carbocycles. The molecule has 17 heavy (non-hydrogen) atoms. The summed E-state index contributed by atoms with van der Waals surface area (Å²) in [5.74, 6) is 0.930. The Bertz CT molecular complexity index is 354. The second-order valence-electron chi connectivity index (χ2n) is 4.93. The normalized spacial score (nSPS) is 10.6. The van der Waals surface area contributed by atoms with Crippen molar-refractivity contribution in [1.82, 2.24) is 0 Å². The number of rotatable bonds is 6. The summed E-state index contributed by atoms with van der Waals surface area (Å²) in [5.41, 5.74) is 1.99. The molecule has 0 aromatic heterocycles. The molecule has 1 rings (SSSR count). The van der Waals surface area contributed by atoms with E-state index >= 15 is 0 Å². The number of hydrogen-bond acceptors (Lipinski definition) is 2. The first-order chi connectivity index (χ1) is 8.04. The van der Waals surface area contributed by atoms with Gasteiger partial charge in [0.25, 0.3) is 0 Å². The molecule has 0 aliphatic rings. The average Bonchev–Trinajstić information content (AvgIpc) is 2.35. The van der Waals surface area contributed by atoms with Crippen LogP contribution in [0.5, 0.6) is 0 Å². The molecule has 2 nitrogen and oxygen atoms in total. The van der Waals surface area contributed by atoms with E-state index in [4.69, 9.17) is 0 Å². The predicted octanol–water partition coefficient (Wildman–Crippen LogP) is 3.76. The van der Waals surface area contributed by atoms with Crippen molar-refractivity contribution in [2.75, 3.05) is 18.5 Å². The van der Waals surface area contributed by atoms with Crippen molar-refractivity contribution in [3.63, 3.8) is 0 Å². The summed E-state index contributed by atoms with van der Waals surface area (Å²) in [4.78, 5) is 13.7. The summed E-state index contributed by atoms with van der Waals surface area (Å²) in [5, 5.41) is 0. The lowest BCUT2D eigenvalue weighted by Crippen LogP contribution is -2.19. The van der Waals surface area contributed by atoms with Gasteiger partial charge in [-0.15, -0.1) is 0 Å². The Kier molecular flexibility index (Phi) is 5.20. The Morgan fingerprint density at radius 3 is 2.29 bits per heavy atom. The van der Waals surface area contributed by atoms with Crippen LogP contribution >= 0.6 is 0 Å². The zero-order valence-electron chi connectivity index (χ0n) is 11.4. The van der Waals surface area contributed by atoms with Gasteiger partial charge in [0.15, 0.2) is 5.78 Å². The van der Waals surface area contributed by atoms with Crippen LogP contribution in [-0.2, 0) is 0 Å². The van der Waals surface area contributed by atoms with Crippen molar-refractivity contribution in [2.24, 2.45) is 5.92 Å². The van der Waals surface area contributed by atoms with Crippen molar-refractivity contribution in [3.05, 3.63) is 29.8 Å². The van der Waals surface area contributed by atoms with Crippen molar-refractivity contribution in [3.8, 4) is 0 Å². The third-order valence-electron chi connectivity index (χ3n) is 2.99. The molecule has 94 valence electrons. The third-order valence-corrected chi connectivity index (χ3v) is 2.99. The fourth-order valence-electron chi connectivity index (χ4n) is 1.69. The molecule has 2 heteroatoms. The third kappa shape index (κ3) is 4.22. The standard InChI is InChI=1S/C15H23NO/c1-5-15(17)13-6-8-14(9-7-13)16(4)11-10-12(2)3/h6-9,12H,5,10-11H2,1-4H3. The van der Waals surface area contributed by atoms with E-state index in [0.717, 1.165) is 18.0 Å². The molecule has 0 fully saturated rings. The fraction of sp³-hybridized carbons (Fsp3) is 0.533. The van der Waals surface area contributed by atoms with Crippen LogP contribution in [0, 0.1) is 5.92 Å². The molecular formula is C15H23NO. The number of anilines is 1. The Morgan fingerprint density at radius 2 is 1.82 bits per heavy atom. The van der Waals surface area contributed by atoms with Crippen LogP contribution in [0.4, 0.5) is 5.69 Å². The summed E-state index contributed by atoms with van der Waals surface area (Å²) in [6, 6.07) is 7.91. The largest absolute Gasteiger partial charge is 0.375 e. The molecule has 0 saturated heterocycles. The molecule has 0 radical (unpaired) electrons. The molecule has 0 heterocycles. The number of benzene rings is 1. The summed E-state index contributed by atoms with van der Waals surface area (Å²) < 4.78 is 0. The average molecular weight is 233 g/mol. The smallest absolute Gasteiger partial charge is 0.162 e. The molecule has 0 amide bonds. The lowest BCUT2D eigenvalue weighted by molar-refractivity contribution is 0.0988. The number of Topliss-reactive ketones (excluding diaryl/α,β-unsaturated/α-hetero) is 1. The Balaban J connectivity index is 2.63. The van der Waals surface area contributed by atoms with Gasteiger partial charge in [-0.3, -0.25) is 4.79 Å². The summed E-state index contributed by atoms with van der Waals surface area (Å²) in [7, 11) is 2.10. The van der Waals surface area contributed by atoms with Gasteiger partial charge in [0.05, 0.1) is 0 Å². The highest BCUT2D eigenvalue weighted by molar-refractivity contribution is 5.96. The molecule has 1 aromatic rings. The lowest BCUT2D eigenvalue weighted by Gasteiger charge is -2.20. The van der Waals surface area contributed by atoms with E-state index in [0.29, 0.717) is 6.42 Å². The first-order valence-electron chi connectivity index (χ1n) is 6.39. The summed E-state index contributed by atoms with van der Waals surface area (Å²) in [6.07, 6.45) is 1.76. The minimum absolute atomic E-state index is 0.210. The topological polar surface area (TPSA) is 20.3 Å². The molecule has 0 aliphatic carbocycles.